The van der Waals surface area contributed by atoms with E-state index in [4.69, 9.17) is 0 Å². The molecule has 0 N–H and O–H groups in total. The van der Waals surface area contributed by atoms with Gasteiger partial charge in [-0.05, 0) is 72.8 Å². The molecule has 0 saturated carbocycles. The van der Waals surface area contributed by atoms with Crippen LogP contribution in [0.4, 0.5) is 0 Å². The summed E-state index contributed by atoms with van der Waals surface area (Å²) in [6, 6.07) is 17.8. The summed E-state index contributed by atoms with van der Waals surface area (Å²) in [5.41, 5.74) is 6.93. The molecular formula is C25H34. The van der Waals surface area contributed by atoms with Crippen molar-refractivity contribution in [1.82, 2.24) is 0 Å². The van der Waals surface area contributed by atoms with Gasteiger partial charge in [0.05, 0.1) is 0 Å². The highest BCUT2D eigenvalue weighted by Gasteiger charge is 2.08. The van der Waals surface area contributed by atoms with Gasteiger partial charge < -0.3 is 0 Å². The van der Waals surface area contributed by atoms with Gasteiger partial charge >= 0.3 is 0 Å². The van der Waals surface area contributed by atoms with Crippen LogP contribution in [0, 0.1) is 12.8 Å². The van der Waals surface area contributed by atoms with Crippen molar-refractivity contribution in [3.8, 4) is 0 Å². The van der Waals surface area contributed by atoms with Crippen LogP contribution in [-0.2, 0) is 12.8 Å². The molecule has 25 heavy (non-hydrogen) atoms. The highest BCUT2D eigenvalue weighted by molar-refractivity contribution is 5.63. The Labute approximate surface area is 155 Å². The van der Waals surface area contributed by atoms with Crippen LogP contribution in [0.3, 0.4) is 0 Å². The minimum atomic E-state index is 0.663. The Balaban J connectivity index is 1.81. The third-order valence-corrected chi connectivity index (χ3v) is 5.19. The van der Waals surface area contributed by atoms with Crippen LogP contribution in [0.1, 0.15) is 68.2 Å². The molecule has 0 aromatic heterocycles. The zero-order valence-corrected chi connectivity index (χ0v) is 16.4. The van der Waals surface area contributed by atoms with Gasteiger partial charge in [-0.25, -0.2) is 0 Å². The predicted molar refractivity (Wildman–Crippen MR) is 112 cm³/mol. The summed E-state index contributed by atoms with van der Waals surface area (Å²) in [6.07, 6.45) is 8.58. The Kier molecular flexibility index (Phi) is 7.98. The second-order valence-corrected chi connectivity index (χ2v) is 7.53. The topological polar surface area (TPSA) is 0 Å². The summed E-state index contributed by atoms with van der Waals surface area (Å²) < 4.78 is 0. The second kappa shape index (κ2) is 10.2. The minimum Gasteiger partial charge on any atom is -0.0952 e. The van der Waals surface area contributed by atoms with E-state index >= 15 is 0 Å². The Morgan fingerprint density at radius 2 is 1.68 bits per heavy atom. The molecule has 0 heteroatoms. The first-order chi connectivity index (χ1) is 12.1. The molecule has 0 nitrogen and oxygen atoms in total. The summed E-state index contributed by atoms with van der Waals surface area (Å²) in [5.74, 6) is 0.663. The number of unbranched alkanes of at least 4 members (excludes halogenated alkanes) is 2. The first-order valence-corrected chi connectivity index (χ1v) is 9.91. The van der Waals surface area contributed by atoms with Crippen molar-refractivity contribution in [3.05, 3.63) is 77.4 Å². The third-order valence-electron chi connectivity index (χ3n) is 5.19. The normalized spacial score (nSPS) is 12.1. The van der Waals surface area contributed by atoms with E-state index in [9.17, 15) is 0 Å². The van der Waals surface area contributed by atoms with E-state index < -0.39 is 0 Å². The summed E-state index contributed by atoms with van der Waals surface area (Å²) in [6.45, 7) is 11.2. The second-order valence-electron chi connectivity index (χ2n) is 7.53. The number of aryl methyl sites for hydroxylation is 3. The quantitative estimate of drug-likeness (QED) is 0.397. The average Bonchev–Trinajstić information content (AvgIpc) is 2.62. The summed E-state index contributed by atoms with van der Waals surface area (Å²) in [7, 11) is 0. The molecule has 2 rings (SSSR count). The van der Waals surface area contributed by atoms with E-state index in [0.717, 1.165) is 12.8 Å². The minimum absolute atomic E-state index is 0.663. The maximum absolute atomic E-state index is 4.34. The molecule has 0 heterocycles. The van der Waals surface area contributed by atoms with E-state index in [-0.39, 0.29) is 0 Å². The number of rotatable bonds is 10. The van der Waals surface area contributed by atoms with E-state index in [1.165, 1.54) is 59.9 Å². The lowest BCUT2D eigenvalue weighted by molar-refractivity contribution is 0.546. The van der Waals surface area contributed by atoms with Crippen LogP contribution in [-0.4, -0.2) is 0 Å². The molecule has 0 unspecified atom stereocenters. The lowest BCUT2D eigenvalue weighted by Gasteiger charge is -2.15. The third kappa shape index (κ3) is 6.53. The van der Waals surface area contributed by atoms with E-state index in [1.807, 2.05) is 0 Å². The number of benzene rings is 2. The zero-order chi connectivity index (χ0) is 18.1. The van der Waals surface area contributed by atoms with Crippen molar-refractivity contribution in [1.29, 1.82) is 0 Å². The van der Waals surface area contributed by atoms with Crippen LogP contribution in [0.5, 0.6) is 0 Å². The zero-order valence-electron chi connectivity index (χ0n) is 16.4. The van der Waals surface area contributed by atoms with Gasteiger partial charge in [0, 0.05) is 0 Å². The van der Waals surface area contributed by atoms with Crippen molar-refractivity contribution in [2.75, 3.05) is 0 Å². The lowest BCUT2D eigenvalue weighted by Crippen LogP contribution is -2.00. The summed E-state index contributed by atoms with van der Waals surface area (Å²) in [5, 5.41) is 0. The van der Waals surface area contributed by atoms with Crippen molar-refractivity contribution in [2.24, 2.45) is 5.92 Å². The van der Waals surface area contributed by atoms with Crippen molar-refractivity contribution in [3.63, 3.8) is 0 Å². The maximum Gasteiger partial charge on any atom is -0.0230 e. The first-order valence-electron chi connectivity index (χ1n) is 9.91. The molecule has 0 saturated heterocycles. The average molecular weight is 335 g/mol. The highest BCUT2D eigenvalue weighted by atomic mass is 14.1. The molecule has 1 atom stereocenters. The van der Waals surface area contributed by atoms with Gasteiger partial charge in [0.15, 0.2) is 0 Å². The van der Waals surface area contributed by atoms with E-state index in [0.29, 0.717) is 5.92 Å². The van der Waals surface area contributed by atoms with Gasteiger partial charge in [0.25, 0.3) is 0 Å². The Bertz CT molecular complexity index is 648. The number of allylic oxidation sites excluding steroid dienone is 1. The standard InChI is InChI=1S/C25H34/c1-5-6-7-11-23-14-17-25(18-15-23)22(4)19-20(2)13-16-24-12-9-8-10-21(24)3/h8-10,12,14-15,17-18,20H,4-7,11,13,16,19H2,1-3H3/t20-/m0/s1. The number of hydrogen-bond donors (Lipinski definition) is 0. The Morgan fingerprint density at radius 1 is 0.960 bits per heavy atom. The van der Waals surface area contributed by atoms with Crippen LogP contribution < -0.4 is 0 Å². The van der Waals surface area contributed by atoms with Crippen LogP contribution >= 0.6 is 0 Å². The molecule has 134 valence electrons. The fourth-order valence-electron chi connectivity index (χ4n) is 3.42. The van der Waals surface area contributed by atoms with Crippen molar-refractivity contribution < 1.29 is 0 Å². The van der Waals surface area contributed by atoms with Gasteiger partial charge in [0.1, 0.15) is 0 Å². The fraction of sp³-hybridized carbons (Fsp3) is 0.440. The SMILES string of the molecule is C=C(C[C@@H](C)CCc1ccccc1C)c1ccc(CCCCC)cc1. The van der Waals surface area contributed by atoms with E-state index in [2.05, 4.69) is 75.9 Å². The Morgan fingerprint density at radius 3 is 2.36 bits per heavy atom. The molecule has 0 spiro atoms. The van der Waals surface area contributed by atoms with Gasteiger partial charge in [-0.15, -0.1) is 0 Å². The maximum atomic E-state index is 4.34. The first kappa shape index (κ1) is 19.5. The van der Waals surface area contributed by atoms with Gasteiger partial charge in [-0.1, -0.05) is 81.8 Å². The molecule has 0 radical (unpaired) electrons. The van der Waals surface area contributed by atoms with Crippen LogP contribution in [0.25, 0.3) is 5.57 Å². The monoisotopic (exact) mass is 334 g/mol. The molecule has 0 bridgehead atoms. The van der Waals surface area contributed by atoms with Gasteiger partial charge in [-0.3, -0.25) is 0 Å². The highest BCUT2D eigenvalue weighted by Crippen LogP contribution is 2.25. The molecule has 0 aliphatic rings. The molecular weight excluding hydrogens is 300 g/mol. The predicted octanol–water partition coefficient (Wildman–Crippen LogP) is 7.40. The van der Waals surface area contributed by atoms with Crippen molar-refractivity contribution >= 4 is 5.57 Å². The molecule has 2 aromatic carbocycles. The summed E-state index contributed by atoms with van der Waals surface area (Å²) >= 11 is 0. The van der Waals surface area contributed by atoms with Crippen LogP contribution in [0.2, 0.25) is 0 Å². The van der Waals surface area contributed by atoms with E-state index in [1.54, 1.807) is 0 Å². The van der Waals surface area contributed by atoms with Gasteiger partial charge in [-0.2, -0.15) is 0 Å². The molecule has 0 aliphatic heterocycles. The van der Waals surface area contributed by atoms with Crippen LogP contribution in [0.15, 0.2) is 55.1 Å². The number of hydrogen-bond acceptors (Lipinski definition) is 0. The largest absolute Gasteiger partial charge is 0.0952 e. The molecule has 0 fully saturated rings. The molecule has 0 amide bonds. The summed E-state index contributed by atoms with van der Waals surface area (Å²) in [4.78, 5) is 0. The van der Waals surface area contributed by atoms with Crippen molar-refractivity contribution in [2.45, 2.75) is 65.7 Å². The van der Waals surface area contributed by atoms with Gasteiger partial charge in [0.2, 0.25) is 0 Å². The molecule has 0 aliphatic carbocycles. The fourth-order valence-corrected chi connectivity index (χ4v) is 3.42. The smallest absolute Gasteiger partial charge is 0.0230 e. The molecule has 2 aromatic rings. The lowest BCUT2D eigenvalue weighted by atomic mass is 9.91. The Hall–Kier alpha value is -1.82.